The second-order valence-corrected chi connectivity index (χ2v) is 8.07. The lowest BCUT2D eigenvalue weighted by Crippen LogP contribution is -2.27. The van der Waals surface area contributed by atoms with Crippen LogP contribution in [-0.2, 0) is 4.79 Å². The molecule has 162 valence electrons. The number of carbonyl (C=O) groups excluding carboxylic acids is 1. The Morgan fingerprint density at radius 3 is 2.47 bits per heavy atom. The molecule has 2 heterocycles. The molecule has 6 heteroatoms. The first-order valence-electron chi connectivity index (χ1n) is 10.7. The Balaban J connectivity index is 1.57. The molecule has 0 amide bonds. The third-order valence-corrected chi connectivity index (χ3v) is 6.21. The van der Waals surface area contributed by atoms with Crippen molar-refractivity contribution in [1.29, 1.82) is 0 Å². The molecule has 0 radical (unpaired) electrons. The largest absolute Gasteiger partial charge is 0.493 e. The van der Waals surface area contributed by atoms with E-state index < -0.39 is 0 Å². The number of methoxy groups -OCH3 is 2. The lowest BCUT2D eigenvalue weighted by Gasteiger charge is -2.30. The predicted octanol–water partition coefficient (Wildman–Crippen LogP) is 5.08. The molecule has 32 heavy (non-hydrogen) atoms. The summed E-state index contributed by atoms with van der Waals surface area (Å²) in [6.07, 6.45) is 4.73. The fraction of sp³-hybridized carbons (Fsp3) is 0.231. The molecule has 0 unspecified atom stereocenters. The summed E-state index contributed by atoms with van der Waals surface area (Å²) in [4.78, 5) is 17.9. The molecular weight excluding hydrogens is 402 g/mol. The van der Waals surface area contributed by atoms with E-state index in [1.54, 1.807) is 20.4 Å². The molecule has 0 fully saturated rings. The van der Waals surface area contributed by atoms with E-state index in [4.69, 9.17) is 9.47 Å². The van der Waals surface area contributed by atoms with Gasteiger partial charge in [-0.1, -0.05) is 24.3 Å². The van der Waals surface area contributed by atoms with E-state index in [1.807, 2.05) is 60.8 Å². The monoisotopic (exact) mass is 427 g/mol. The van der Waals surface area contributed by atoms with Gasteiger partial charge in [0.25, 0.3) is 0 Å². The minimum Gasteiger partial charge on any atom is -0.493 e. The van der Waals surface area contributed by atoms with Crippen molar-refractivity contribution in [3.63, 3.8) is 0 Å². The highest BCUT2D eigenvalue weighted by molar-refractivity contribution is 6.01. The maximum absolute atomic E-state index is 13.6. The van der Waals surface area contributed by atoms with E-state index in [1.165, 1.54) is 0 Å². The molecule has 2 aliphatic rings. The van der Waals surface area contributed by atoms with Crippen LogP contribution in [0.1, 0.15) is 35.9 Å². The predicted molar refractivity (Wildman–Crippen MR) is 124 cm³/mol. The van der Waals surface area contributed by atoms with Crippen LogP contribution in [0.4, 0.5) is 11.4 Å². The molecule has 2 atom stereocenters. The molecule has 5 rings (SSSR count). The number of hydrogen-bond acceptors (Lipinski definition) is 6. The molecule has 2 aromatic carbocycles. The van der Waals surface area contributed by atoms with Gasteiger partial charge in [0, 0.05) is 30.1 Å². The SMILES string of the molecule is COc1ccc([C@@H]2CC(=O)C3=C(C2)Nc2ccccc2N[C@@H]3c2cccnc2)cc1OC. The van der Waals surface area contributed by atoms with Gasteiger partial charge in [-0.25, -0.2) is 0 Å². The van der Waals surface area contributed by atoms with Gasteiger partial charge < -0.3 is 20.1 Å². The van der Waals surface area contributed by atoms with Crippen LogP contribution in [0.3, 0.4) is 0 Å². The van der Waals surface area contributed by atoms with Gasteiger partial charge in [0.05, 0.1) is 31.6 Å². The quantitative estimate of drug-likeness (QED) is 0.605. The first-order chi connectivity index (χ1) is 15.7. The molecule has 0 saturated heterocycles. The number of allylic oxidation sites excluding steroid dienone is 1. The van der Waals surface area contributed by atoms with E-state index >= 15 is 0 Å². The number of pyridine rings is 1. The Morgan fingerprint density at radius 1 is 0.906 bits per heavy atom. The van der Waals surface area contributed by atoms with E-state index in [0.717, 1.165) is 40.2 Å². The first kappa shape index (κ1) is 20.1. The number of nitrogens with one attached hydrogen (secondary N) is 2. The second kappa shape index (κ2) is 8.38. The number of hydrogen-bond donors (Lipinski definition) is 2. The number of fused-ring (bicyclic) bond motifs is 1. The van der Waals surface area contributed by atoms with Crippen molar-refractivity contribution in [2.75, 3.05) is 24.9 Å². The molecule has 1 aliphatic carbocycles. The average molecular weight is 428 g/mol. The Labute approximate surface area is 187 Å². The lowest BCUT2D eigenvalue weighted by molar-refractivity contribution is -0.116. The lowest BCUT2D eigenvalue weighted by atomic mass is 9.78. The highest BCUT2D eigenvalue weighted by atomic mass is 16.5. The van der Waals surface area contributed by atoms with Crippen molar-refractivity contribution < 1.29 is 14.3 Å². The van der Waals surface area contributed by atoms with Gasteiger partial charge in [0.1, 0.15) is 0 Å². The number of aromatic nitrogens is 1. The fourth-order valence-electron chi connectivity index (χ4n) is 4.63. The van der Waals surface area contributed by atoms with Crippen molar-refractivity contribution in [3.8, 4) is 11.5 Å². The van der Waals surface area contributed by atoms with Gasteiger partial charge in [-0.3, -0.25) is 9.78 Å². The van der Waals surface area contributed by atoms with Crippen molar-refractivity contribution in [3.05, 3.63) is 89.4 Å². The highest BCUT2D eigenvalue weighted by Crippen LogP contribution is 2.45. The summed E-state index contributed by atoms with van der Waals surface area (Å²) < 4.78 is 10.9. The molecule has 0 saturated carbocycles. The summed E-state index contributed by atoms with van der Waals surface area (Å²) in [6, 6.07) is 17.6. The molecule has 1 aromatic heterocycles. The van der Waals surface area contributed by atoms with E-state index in [2.05, 4.69) is 15.6 Å². The molecule has 0 spiro atoms. The molecule has 2 N–H and O–H groups in total. The normalized spacial score (nSPS) is 19.8. The number of ketones is 1. The van der Waals surface area contributed by atoms with Crippen LogP contribution in [0.15, 0.2) is 78.3 Å². The third-order valence-electron chi connectivity index (χ3n) is 6.21. The highest BCUT2D eigenvalue weighted by Gasteiger charge is 2.36. The summed E-state index contributed by atoms with van der Waals surface area (Å²) >= 11 is 0. The number of ether oxygens (including phenoxy) is 2. The van der Waals surface area contributed by atoms with Crippen LogP contribution < -0.4 is 20.1 Å². The van der Waals surface area contributed by atoms with Crippen LogP contribution in [0.2, 0.25) is 0 Å². The molecule has 3 aromatic rings. The second-order valence-electron chi connectivity index (χ2n) is 8.07. The van der Waals surface area contributed by atoms with Crippen molar-refractivity contribution in [1.82, 2.24) is 4.98 Å². The van der Waals surface area contributed by atoms with Crippen LogP contribution in [0.25, 0.3) is 0 Å². The maximum atomic E-state index is 13.6. The van der Waals surface area contributed by atoms with Crippen LogP contribution in [0.5, 0.6) is 11.5 Å². The Hall–Kier alpha value is -3.80. The smallest absolute Gasteiger partial charge is 0.163 e. The Bertz CT molecular complexity index is 1190. The van der Waals surface area contributed by atoms with Gasteiger partial charge in [-0.15, -0.1) is 0 Å². The van der Waals surface area contributed by atoms with Gasteiger partial charge in [0.2, 0.25) is 0 Å². The number of carbonyl (C=O) groups is 1. The Kier molecular flexibility index (Phi) is 5.27. The number of nitrogens with zero attached hydrogens (tertiary/aromatic N) is 1. The first-order valence-corrected chi connectivity index (χ1v) is 10.7. The molecule has 0 bridgehead atoms. The molecular formula is C26H25N3O3. The minimum atomic E-state index is -0.256. The van der Waals surface area contributed by atoms with E-state index in [-0.39, 0.29) is 17.7 Å². The maximum Gasteiger partial charge on any atom is 0.163 e. The van der Waals surface area contributed by atoms with E-state index in [0.29, 0.717) is 17.9 Å². The zero-order valence-corrected chi connectivity index (χ0v) is 18.1. The summed E-state index contributed by atoms with van der Waals surface area (Å²) in [7, 11) is 3.25. The van der Waals surface area contributed by atoms with Crippen molar-refractivity contribution >= 4 is 17.2 Å². The van der Waals surface area contributed by atoms with Gasteiger partial charge >= 0.3 is 0 Å². The fourth-order valence-corrected chi connectivity index (χ4v) is 4.63. The zero-order chi connectivity index (χ0) is 22.1. The summed E-state index contributed by atoms with van der Waals surface area (Å²) in [5, 5.41) is 7.14. The number of anilines is 2. The Morgan fingerprint density at radius 2 is 1.72 bits per heavy atom. The summed E-state index contributed by atoms with van der Waals surface area (Å²) in [5.74, 6) is 1.54. The van der Waals surface area contributed by atoms with Crippen LogP contribution in [-0.4, -0.2) is 25.0 Å². The summed E-state index contributed by atoms with van der Waals surface area (Å²) in [6.45, 7) is 0. The molecule has 1 aliphatic heterocycles. The van der Waals surface area contributed by atoms with Gasteiger partial charge in [0.15, 0.2) is 17.3 Å². The third kappa shape index (κ3) is 3.58. The number of benzene rings is 2. The molecule has 6 nitrogen and oxygen atoms in total. The zero-order valence-electron chi connectivity index (χ0n) is 18.1. The summed E-state index contributed by atoms with van der Waals surface area (Å²) in [5.41, 5.74) is 5.70. The minimum absolute atomic E-state index is 0.0494. The topological polar surface area (TPSA) is 72.5 Å². The average Bonchev–Trinajstić information content (AvgIpc) is 3.01. The van der Waals surface area contributed by atoms with Gasteiger partial charge in [-0.05, 0) is 53.8 Å². The van der Waals surface area contributed by atoms with Crippen molar-refractivity contribution in [2.24, 2.45) is 0 Å². The van der Waals surface area contributed by atoms with Crippen LogP contribution in [0, 0.1) is 0 Å². The van der Waals surface area contributed by atoms with Crippen LogP contribution >= 0.6 is 0 Å². The number of para-hydroxylation sites is 2. The van der Waals surface area contributed by atoms with E-state index in [9.17, 15) is 4.79 Å². The van der Waals surface area contributed by atoms with Gasteiger partial charge in [-0.2, -0.15) is 0 Å². The standard InChI is InChI=1S/C26H25N3O3/c1-31-23-10-9-16(14-24(23)32-2)18-12-21-25(22(30)13-18)26(17-6-5-11-27-15-17)29-20-8-4-3-7-19(20)28-21/h3-11,14-15,18,26,28-29H,12-13H2,1-2H3/t18-,26+/m0/s1. The number of rotatable bonds is 4. The van der Waals surface area contributed by atoms with Crippen molar-refractivity contribution in [2.45, 2.75) is 24.8 Å². The number of Topliss-reactive ketones (excluding diaryl/α,β-unsaturated/α-hetero) is 1.